The number of rotatable bonds is 21. The maximum Gasteiger partial charge on any atom is 0.249 e. The van der Waals surface area contributed by atoms with Crippen molar-refractivity contribution in [2.45, 2.75) is 268 Å². The van der Waals surface area contributed by atoms with E-state index in [2.05, 4.69) is 166 Å². The van der Waals surface area contributed by atoms with Gasteiger partial charge in [-0.3, -0.25) is 0 Å². The maximum atomic E-state index is 12.8. The Labute approximate surface area is 432 Å². The highest BCUT2D eigenvalue weighted by Gasteiger charge is 2.57. The Kier molecular flexibility index (Phi) is 28.2. The fourth-order valence-electron chi connectivity index (χ4n) is 12.4. The van der Waals surface area contributed by atoms with Crippen LogP contribution in [0.25, 0.3) is 0 Å². The monoisotopic (exact) mass is 981 g/mol. The second-order valence-corrected chi connectivity index (χ2v) is 29.6. The lowest BCUT2D eigenvalue weighted by Crippen LogP contribution is -2.49. The standard InChI is InChI=1S/C11H20F2.2C11H22O.C11H22.C10H20O.C10H20/c1-8(2)5-10(9(3)4)6-11(12,13)7-10;1-9(2)5-11(6-10(3)4)7-12-8-11;1-9(2)5-6-11(10(3)4)7-12-8-11;1-9(2)5-6-11(7-8-11)10(3)4;1-8(2)5-10(9(3)4)6-11-7-10;1-8(2)7-10(5-6-10)9(3)4/h8-9H,5-7H2,1-4H3;2*9-10H,5-8H2,1-4H3;9-10H,5-8H2,1-4H3;8-9H,5-7H2,1-4H3;8-9H,5-7H2,1-4H3. The van der Waals surface area contributed by atoms with Crippen molar-refractivity contribution in [3.05, 3.63) is 0 Å². The lowest BCUT2D eigenvalue weighted by atomic mass is 9.57. The zero-order valence-corrected chi connectivity index (χ0v) is 51.3. The highest BCUT2D eigenvalue weighted by molar-refractivity contribution is 5.01. The summed E-state index contributed by atoms with van der Waals surface area (Å²) in [6.07, 6.45) is 18.2. The molecule has 69 heavy (non-hydrogen) atoms. The average Bonchev–Trinajstić information content (AvgIpc) is 4.07. The van der Waals surface area contributed by atoms with E-state index < -0.39 is 5.92 Å². The summed E-state index contributed by atoms with van der Waals surface area (Å²) in [6, 6.07) is 0. The number of hydrogen-bond acceptors (Lipinski definition) is 3. The van der Waals surface area contributed by atoms with Gasteiger partial charge in [-0.05, 0) is 158 Å². The van der Waals surface area contributed by atoms with Gasteiger partial charge < -0.3 is 14.2 Å². The van der Waals surface area contributed by atoms with Crippen LogP contribution in [0.15, 0.2) is 0 Å². The molecule has 3 aliphatic heterocycles. The molecule has 0 atom stereocenters. The van der Waals surface area contributed by atoms with E-state index in [0.29, 0.717) is 28.1 Å². The third-order valence-electron chi connectivity index (χ3n) is 18.1. The van der Waals surface area contributed by atoms with Crippen LogP contribution in [-0.4, -0.2) is 45.6 Å². The topological polar surface area (TPSA) is 27.7 Å². The smallest absolute Gasteiger partial charge is 0.249 e. The van der Waals surface area contributed by atoms with Crippen molar-refractivity contribution in [3.8, 4) is 0 Å². The summed E-state index contributed by atoms with van der Waals surface area (Å²) in [5, 5.41) is 0. The lowest BCUT2D eigenvalue weighted by Gasteiger charge is -2.51. The lowest BCUT2D eigenvalue weighted by molar-refractivity contribution is -0.185. The molecular weight excluding hydrogens is 855 g/mol. The molecule has 5 heteroatoms. The fourth-order valence-corrected chi connectivity index (χ4v) is 12.4. The first-order valence-electron chi connectivity index (χ1n) is 29.7. The van der Waals surface area contributed by atoms with E-state index in [1.807, 2.05) is 0 Å². The van der Waals surface area contributed by atoms with Crippen molar-refractivity contribution in [1.29, 1.82) is 0 Å². The summed E-state index contributed by atoms with van der Waals surface area (Å²) in [6.45, 7) is 60.8. The molecule has 0 radical (unpaired) electrons. The molecule has 0 spiro atoms. The molecule has 3 saturated carbocycles. The summed E-state index contributed by atoms with van der Waals surface area (Å²) in [5.41, 5.74) is 3.08. The first kappa shape index (κ1) is 66.8. The van der Waals surface area contributed by atoms with Gasteiger partial charge in [0.15, 0.2) is 0 Å². The number of ether oxygens (including phenoxy) is 3. The minimum atomic E-state index is -2.38. The minimum Gasteiger partial charge on any atom is -0.380 e. The molecule has 6 rings (SSSR count). The molecule has 3 nitrogen and oxygen atoms in total. The molecule has 0 bridgehead atoms. The van der Waals surface area contributed by atoms with E-state index >= 15 is 0 Å². The van der Waals surface area contributed by atoms with Gasteiger partial charge in [-0.25, -0.2) is 8.78 Å². The van der Waals surface area contributed by atoms with Crippen LogP contribution in [0.1, 0.15) is 262 Å². The number of hydrogen-bond donors (Lipinski definition) is 0. The van der Waals surface area contributed by atoms with Crippen molar-refractivity contribution in [1.82, 2.24) is 0 Å². The van der Waals surface area contributed by atoms with Gasteiger partial charge in [0.1, 0.15) is 0 Å². The summed E-state index contributed by atoms with van der Waals surface area (Å²) >= 11 is 0. The number of alkyl halides is 2. The van der Waals surface area contributed by atoms with Crippen LogP contribution in [0.2, 0.25) is 0 Å². The van der Waals surface area contributed by atoms with E-state index in [0.717, 1.165) is 116 Å². The summed E-state index contributed by atoms with van der Waals surface area (Å²) < 4.78 is 41.7. The third-order valence-corrected chi connectivity index (χ3v) is 18.1. The molecule has 0 unspecified atom stereocenters. The molecule has 0 amide bonds. The van der Waals surface area contributed by atoms with Crippen LogP contribution < -0.4 is 0 Å². The summed E-state index contributed by atoms with van der Waals surface area (Å²) in [5.74, 6) is 6.98. The van der Waals surface area contributed by atoms with Gasteiger partial charge in [0.2, 0.25) is 5.92 Å². The fraction of sp³-hybridized carbons (Fsp3) is 1.00. The van der Waals surface area contributed by atoms with Gasteiger partial charge in [0.25, 0.3) is 0 Å². The van der Waals surface area contributed by atoms with E-state index in [-0.39, 0.29) is 18.3 Å². The predicted octanol–water partition coefficient (Wildman–Crippen LogP) is 20.3. The zero-order chi connectivity index (χ0) is 53.4. The molecule has 0 aromatic heterocycles. The molecule has 3 heterocycles. The summed E-state index contributed by atoms with van der Waals surface area (Å²) in [4.78, 5) is 0. The Hall–Kier alpha value is -0.260. The van der Waals surface area contributed by atoms with Gasteiger partial charge >= 0.3 is 0 Å². The van der Waals surface area contributed by atoms with Crippen LogP contribution in [-0.2, 0) is 14.2 Å². The van der Waals surface area contributed by atoms with Crippen molar-refractivity contribution >= 4 is 0 Å². The predicted molar refractivity (Wildman–Crippen MR) is 299 cm³/mol. The Morgan fingerprint density at radius 1 is 0.304 bits per heavy atom. The minimum absolute atomic E-state index is 0.0718. The molecule has 0 N–H and O–H groups in total. The van der Waals surface area contributed by atoms with Crippen LogP contribution in [0.5, 0.6) is 0 Å². The largest absolute Gasteiger partial charge is 0.380 e. The van der Waals surface area contributed by atoms with Gasteiger partial charge in [0.05, 0.1) is 39.6 Å². The molecule has 3 aliphatic carbocycles. The molecule has 0 aromatic carbocycles. The molecule has 3 saturated heterocycles. The second-order valence-electron chi connectivity index (χ2n) is 29.6. The number of halogens is 2. The zero-order valence-electron chi connectivity index (χ0n) is 51.3. The van der Waals surface area contributed by atoms with Crippen molar-refractivity contribution < 1.29 is 23.0 Å². The Morgan fingerprint density at radius 2 is 0.580 bits per heavy atom. The van der Waals surface area contributed by atoms with Crippen LogP contribution in [0.4, 0.5) is 8.78 Å². The second kappa shape index (κ2) is 29.1. The molecule has 6 fully saturated rings. The van der Waals surface area contributed by atoms with Gasteiger partial charge in [-0.2, -0.15) is 0 Å². The third kappa shape index (κ3) is 23.0. The van der Waals surface area contributed by atoms with E-state index in [1.165, 1.54) is 77.0 Å². The first-order chi connectivity index (χ1) is 31.6. The quantitative estimate of drug-likeness (QED) is 0.115. The molecule has 0 aromatic rings. The highest BCUT2D eigenvalue weighted by atomic mass is 19.3. The van der Waals surface area contributed by atoms with Crippen LogP contribution in [0, 0.1) is 104 Å². The summed E-state index contributed by atoms with van der Waals surface area (Å²) in [7, 11) is 0. The SMILES string of the molecule is CC(C)CC1(C(C)C)CC(F)(F)C1.CC(C)CC1(C(C)C)CC1.CC(C)CC1(C(C)C)COC1.CC(C)CC1(CC(C)C)COC1.CC(C)CCC1(C(C)C)CC1.CC(C)CCC1(C(C)C)COC1. The van der Waals surface area contributed by atoms with Crippen molar-refractivity contribution in [2.75, 3.05) is 39.6 Å². The molecule has 6 aliphatic rings. The maximum absolute atomic E-state index is 12.8. The van der Waals surface area contributed by atoms with Gasteiger partial charge in [-0.15, -0.1) is 0 Å². The van der Waals surface area contributed by atoms with Crippen molar-refractivity contribution in [3.63, 3.8) is 0 Å². The van der Waals surface area contributed by atoms with Gasteiger partial charge in [-0.1, -0.05) is 179 Å². The van der Waals surface area contributed by atoms with Crippen LogP contribution in [0.3, 0.4) is 0 Å². The molecule has 414 valence electrons. The Bertz CT molecular complexity index is 1310. The Morgan fingerprint density at radius 3 is 0.754 bits per heavy atom. The van der Waals surface area contributed by atoms with Crippen LogP contribution >= 0.6 is 0 Å². The molecular formula is C64H126F2O3. The van der Waals surface area contributed by atoms with E-state index in [4.69, 9.17) is 14.2 Å². The van der Waals surface area contributed by atoms with E-state index in [1.54, 1.807) is 0 Å². The first-order valence-corrected chi connectivity index (χ1v) is 29.7. The average molecular weight is 982 g/mol. The van der Waals surface area contributed by atoms with Crippen molar-refractivity contribution in [2.24, 2.45) is 104 Å². The van der Waals surface area contributed by atoms with Gasteiger partial charge in [0, 0.05) is 29.1 Å². The Balaban J connectivity index is 0.000000415. The normalized spacial score (nSPS) is 22.3. The highest BCUT2D eigenvalue weighted by Crippen LogP contribution is 2.59. The van der Waals surface area contributed by atoms with E-state index in [9.17, 15) is 8.78 Å².